The topological polar surface area (TPSA) is 80.0 Å². The van der Waals surface area contributed by atoms with E-state index in [0.717, 1.165) is 40.8 Å². The Morgan fingerprint density at radius 2 is 1.62 bits per heavy atom. The summed E-state index contributed by atoms with van der Waals surface area (Å²) in [6, 6.07) is -0.271. The standard InChI is InChI=1S/C23H35NO5/c1-13-14(2)19-17(15(3)18(13)28-16(4)25)9-10-23(8,29-19)20(24)22(7)11-26-21(5,6)27-12-22/h20H,9-12,24H2,1-8H3. The molecule has 6 nitrogen and oxygen atoms in total. The molecule has 0 saturated carbocycles. The molecular formula is C23H35NO5. The summed E-state index contributed by atoms with van der Waals surface area (Å²) in [5.41, 5.74) is 9.87. The van der Waals surface area contributed by atoms with Gasteiger partial charge in [0.15, 0.2) is 5.79 Å². The Labute approximate surface area is 174 Å². The minimum absolute atomic E-state index is 0.271. The van der Waals surface area contributed by atoms with Crippen molar-refractivity contribution in [3.8, 4) is 11.5 Å². The van der Waals surface area contributed by atoms with Gasteiger partial charge in [0, 0.05) is 17.9 Å². The molecule has 0 aromatic heterocycles. The maximum absolute atomic E-state index is 11.6. The molecule has 0 bridgehead atoms. The molecule has 0 radical (unpaired) electrons. The number of hydrogen-bond acceptors (Lipinski definition) is 6. The number of ether oxygens (including phenoxy) is 4. The fraction of sp³-hybridized carbons (Fsp3) is 0.696. The number of hydrogen-bond donors (Lipinski definition) is 1. The summed E-state index contributed by atoms with van der Waals surface area (Å²) in [4.78, 5) is 11.6. The summed E-state index contributed by atoms with van der Waals surface area (Å²) in [5, 5.41) is 0. The first-order valence-corrected chi connectivity index (χ1v) is 10.3. The van der Waals surface area contributed by atoms with Crippen LogP contribution in [-0.4, -0.2) is 36.6 Å². The largest absolute Gasteiger partial charge is 0.485 e. The van der Waals surface area contributed by atoms with Crippen molar-refractivity contribution in [3.63, 3.8) is 0 Å². The molecule has 2 aliphatic rings. The van der Waals surface area contributed by atoms with Gasteiger partial charge in [-0.25, -0.2) is 0 Å². The third-order valence-electron chi connectivity index (χ3n) is 6.67. The molecule has 1 aromatic carbocycles. The van der Waals surface area contributed by atoms with Gasteiger partial charge in [-0.1, -0.05) is 6.92 Å². The summed E-state index contributed by atoms with van der Waals surface area (Å²) in [6.07, 6.45) is 1.58. The van der Waals surface area contributed by atoms with Crippen LogP contribution in [0.15, 0.2) is 0 Å². The van der Waals surface area contributed by atoms with Gasteiger partial charge in [-0.05, 0) is 71.1 Å². The molecule has 0 aliphatic carbocycles. The van der Waals surface area contributed by atoms with E-state index >= 15 is 0 Å². The van der Waals surface area contributed by atoms with Crippen molar-refractivity contribution >= 4 is 5.97 Å². The minimum Gasteiger partial charge on any atom is -0.485 e. The van der Waals surface area contributed by atoms with Crippen molar-refractivity contribution in [2.75, 3.05) is 13.2 Å². The smallest absolute Gasteiger partial charge is 0.308 e. The lowest BCUT2D eigenvalue weighted by Crippen LogP contribution is -2.64. The lowest BCUT2D eigenvalue weighted by molar-refractivity contribution is -0.290. The van der Waals surface area contributed by atoms with Crippen LogP contribution in [0.1, 0.15) is 63.3 Å². The normalized spacial score (nSPS) is 26.2. The van der Waals surface area contributed by atoms with Gasteiger partial charge in [-0.3, -0.25) is 4.79 Å². The molecule has 162 valence electrons. The van der Waals surface area contributed by atoms with Gasteiger partial charge in [-0.15, -0.1) is 0 Å². The first kappa shape index (κ1) is 22.1. The predicted octanol–water partition coefficient (Wildman–Crippen LogP) is 3.74. The molecule has 6 heteroatoms. The molecule has 1 saturated heterocycles. The summed E-state index contributed by atoms with van der Waals surface area (Å²) in [6.45, 7) is 16.5. The zero-order chi connectivity index (χ0) is 21.8. The van der Waals surface area contributed by atoms with Crippen LogP contribution in [0.5, 0.6) is 11.5 Å². The molecule has 1 fully saturated rings. The third-order valence-corrected chi connectivity index (χ3v) is 6.67. The molecule has 29 heavy (non-hydrogen) atoms. The molecular weight excluding hydrogens is 370 g/mol. The van der Waals surface area contributed by atoms with Crippen molar-refractivity contribution in [3.05, 3.63) is 22.3 Å². The first-order valence-electron chi connectivity index (χ1n) is 10.3. The van der Waals surface area contributed by atoms with Gasteiger partial charge >= 0.3 is 5.97 Å². The number of nitrogens with two attached hydrogens (primary N) is 1. The molecule has 2 N–H and O–H groups in total. The highest BCUT2D eigenvalue weighted by atomic mass is 16.7. The van der Waals surface area contributed by atoms with Crippen molar-refractivity contribution in [1.29, 1.82) is 0 Å². The Morgan fingerprint density at radius 1 is 1.03 bits per heavy atom. The number of benzene rings is 1. The van der Waals surface area contributed by atoms with E-state index in [2.05, 4.69) is 13.8 Å². The van der Waals surface area contributed by atoms with Crippen LogP contribution in [0.2, 0.25) is 0 Å². The van der Waals surface area contributed by atoms with E-state index in [1.165, 1.54) is 6.92 Å². The second kappa shape index (κ2) is 7.25. The minimum atomic E-state index is -0.585. The van der Waals surface area contributed by atoms with Gasteiger partial charge in [0.1, 0.15) is 17.1 Å². The summed E-state index contributed by atoms with van der Waals surface area (Å²) in [5.74, 6) is 0.612. The fourth-order valence-electron chi connectivity index (χ4n) is 4.45. The molecule has 2 heterocycles. The van der Waals surface area contributed by atoms with Gasteiger partial charge in [-0.2, -0.15) is 0 Å². The van der Waals surface area contributed by atoms with Crippen molar-refractivity contribution in [2.45, 2.75) is 85.7 Å². The maximum Gasteiger partial charge on any atom is 0.308 e. The SMILES string of the molecule is CC(=O)Oc1c(C)c(C)c2c(c1C)CCC(C)(C(N)C1(C)COC(C)(C)OC1)O2. The number of carbonyl (C=O) groups excluding carboxylic acids is 1. The van der Waals surface area contributed by atoms with Crippen LogP contribution >= 0.6 is 0 Å². The molecule has 0 spiro atoms. The Hall–Kier alpha value is -1.63. The quantitative estimate of drug-likeness (QED) is 0.610. The molecule has 0 amide bonds. The van der Waals surface area contributed by atoms with E-state index in [0.29, 0.717) is 19.0 Å². The van der Waals surface area contributed by atoms with Crippen molar-refractivity contribution < 1.29 is 23.7 Å². The predicted molar refractivity (Wildman–Crippen MR) is 111 cm³/mol. The van der Waals surface area contributed by atoms with Crippen molar-refractivity contribution in [2.24, 2.45) is 11.1 Å². The molecule has 3 rings (SSSR count). The van der Waals surface area contributed by atoms with Gasteiger partial charge < -0.3 is 24.7 Å². The lowest BCUT2D eigenvalue weighted by atomic mass is 9.71. The number of esters is 1. The second-order valence-electron chi connectivity index (χ2n) is 9.63. The van der Waals surface area contributed by atoms with Crippen LogP contribution < -0.4 is 15.2 Å². The van der Waals surface area contributed by atoms with E-state index in [4.69, 9.17) is 24.7 Å². The van der Waals surface area contributed by atoms with Crippen LogP contribution in [0, 0.1) is 26.2 Å². The monoisotopic (exact) mass is 405 g/mol. The van der Waals surface area contributed by atoms with Gasteiger partial charge in [0.25, 0.3) is 0 Å². The molecule has 2 atom stereocenters. The third kappa shape index (κ3) is 3.90. The number of rotatable bonds is 3. The lowest BCUT2D eigenvalue weighted by Gasteiger charge is -2.51. The Morgan fingerprint density at radius 3 is 2.17 bits per heavy atom. The van der Waals surface area contributed by atoms with E-state index in [-0.39, 0.29) is 17.4 Å². The van der Waals surface area contributed by atoms with Crippen LogP contribution in [0.3, 0.4) is 0 Å². The van der Waals surface area contributed by atoms with Crippen LogP contribution in [0.25, 0.3) is 0 Å². The highest BCUT2D eigenvalue weighted by Gasteiger charge is 2.51. The zero-order valence-corrected chi connectivity index (χ0v) is 19.0. The summed E-state index contributed by atoms with van der Waals surface area (Å²) in [7, 11) is 0. The van der Waals surface area contributed by atoms with E-state index < -0.39 is 11.4 Å². The first-order chi connectivity index (χ1) is 13.3. The van der Waals surface area contributed by atoms with E-state index in [1.54, 1.807) is 0 Å². The van der Waals surface area contributed by atoms with Gasteiger partial charge in [0.2, 0.25) is 0 Å². The highest BCUT2D eigenvalue weighted by molar-refractivity contribution is 5.72. The van der Waals surface area contributed by atoms with E-state index in [9.17, 15) is 4.79 Å². The van der Waals surface area contributed by atoms with Crippen LogP contribution in [-0.2, 0) is 20.7 Å². The van der Waals surface area contributed by atoms with Gasteiger partial charge in [0.05, 0.1) is 19.3 Å². The molecule has 2 unspecified atom stereocenters. The average molecular weight is 406 g/mol. The van der Waals surface area contributed by atoms with Crippen molar-refractivity contribution in [1.82, 2.24) is 0 Å². The number of carbonyl (C=O) groups is 1. The summed E-state index contributed by atoms with van der Waals surface area (Å²) < 4.78 is 24.0. The molecule has 1 aromatic rings. The van der Waals surface area contributed by atoms with E-state index in [1.807, 2.05) is 34.6 Å². The second-order valence-corrected chi connectivity index (χ2v) is 9.63. The number of fused-ring (bicyclic) bond motifs is 1. The average Bonchev–Trinajstić information content (AvgIpc) is 2.65. The zero-order valence-electron chi connectivity index (χ0n) is 19.0. The Bertz CT molecular complexity index is 821. The Balaban J connectivity index is 1.93. The summed E-state index contributed by atoms with van der Waals surface area (Å²) >= 11 is 0. The van der Waals surface area contributed by atoms with Crippen LogP contribution in [0.4, 0.5) is 0 Å². The Kier molecular flexibility index (Phi) is 5.52. The maximum atomic E-state index is 11.6. The fourth-order valence-corrected chi connectivity index (χ4v) is 4.45. The molecule has 2 aliphatic heterocycles. The highest BCUT2D eigenvalue weighted by Crippen LogP contribution is 2.47.